The van der Waals surface area contributed by atoms with Crippen LogP contribution in [-0.4, -0.2) is 67.2 Å². The molecule has 1 aromatic rings. The molecule has 0 aliphatic carbocycles. The molecule has 0 aromatic heterocycles. The number of methoxy groups -OCH3 is 1. The van der Waals surface area contributed by atoms with Crippen LogP contribution in [0.15, 0.2) is 30.3 Å². The molecule has 0 spiro atoms. The van der Waals surface area contributed by atoms with Gasteiger partial charge in [0, 0.05) is 38.8 Å². The van der Waals surface area contributed by atoms with Gasteiger partial charge >= 0.3 is 0 Å². The van der Waals surface area contributed by atoms with Gasteiger partial charge in [-0.1, -0.05) is 18.2 Å². The predicted octanol–water partition coefficient (Wildman–Crippen LogP) is 2.41. The van der Waals surface area contributed by atoms with Gasteiger partial charge in [0.1, 0.15) is 5.75 Å². The van der Waals surface area contributed by atoms with E-state index in [2.05, 4.69) is 18.7 Å². The molecule has 1 aromatic carbocycles. The first-order valence-electron chi connectivity index (χ1n) is 9.34. The number of ether oxygens (including phenoxy) is 2. The van der Waals surface area contributed by atoms with E-state index in [0.29, 0.717) is 24.1 Å². The van der Waals surface area contributed by atoms with Crippen LogP contribution in [-0.2, 0) is 9.53 Å². The summed E-state index contributed by atoms with van der Waals surface area (Å²) in [6.07, 6.45) is 2.44. The molecular formula is C20H30N2O3. The number of likely N-dealkylation sites (tertiary alicyclic amines) is 2. The lowest BCUT2D eigenvalue weighted by Crippen LogP contribution is -2.66. The molecular weight excluding hydrogens is 316 g/mol. The van der Waals surface area contributed by atoms with Gasteiger partial charge in [0.05, 0.1) is 6.10 Å². The third kappa shape index (κ3) is 4.15. The number of carbonyl (C=O) groups excluding carboxylic acids is 1. The van der Waals surface area contributed by atoms with Crippen molar-refractivity contribution in [2.24, 2.45) is 5.92 Å². The van der Waals surface area contributed by atoms with Crippen molar-refractivity contribution in [3.8, 4) is 5.75 Å². The maximum Gasteiger partial charge on any atom is 0.260 e. The predicted molar refractivity (Wildman–Crippen MR) is 97.7 cm³/mol. The van der Waals surface area contributed by atoms with Crippen molar-refractivity contribution < 1.29 is 14.3 Å². The minimum absolute atomic E-state index is 0.0833. The summed E-state index contributed by atoms with van der Waals surface area (Å²) in [5.41, 5.74) is 0. The summed E-state index contributed by atoms with van der Waals surface area (Å²) in [6, 6.07) is 10.6. The fraction of sp³-hybridized carbons (Fsp3) is 0.650. The lowest BCUT2D eigenvalue weighted by Gasteiger charge is -2.54. The quantitative estimate of drug-likeness (QED) is 0.793. The maximum atomic E-state index is 12.4. The first-order chi connectivity index (χ1) is 12.1. The lowest BCUT2D eigenvalue weighted by atomic mass is 9.79. The topological polar surface area (TPSA) is 42.0 Å². The van der Waals surface area contributed by atoms with E-state index in [4.69, 9.17) is 9.47 Å². The second-order valence-electron chi connectivity index (χ2n) is 7.38. The molecule has 138 valence electrons. The highest BCUT2D eigenvalue weighted by Gasteiger charge is 2.45. The highest BCUT2D eigenvalue weighted by Crippen LogP contribution is 2.35. The fourth-order valence-corrected chi connectivity index (χ4v) is 4.10. The molecule has 3 rings (SSSR count). The van der Waals surface area contributed by atoms with Crippen LogP contribution in [0.4, 0.5) is 0 Å². The van der Waals surface area contributed by atoms with Crippen LogP contribution in [0.5, 0.6) is 5.75 Å². The SMILES string of the molecule is CO[C@H]1CN(C(C)C)[C@H]1C1CCN(C(=O)COc2ccccc2)CC1. The number of carbonyl (C=O) groups is 1. The van der Waals surface area contributed by atoms with E-state index in [9.17, 15) is 4.79 Å². The van der Waals surface area contributed by atoms with Crippen molar-refractivity contribution in [2.75, 3.05) is 33.4 Å². The second kappa shape index (κ2) is 8.19. The molecule has 2 aliphatic rings. The van der Waals surface area contributed by atoms with Crippen molar-refractivity contribution in [2.45, 2.75) is 44.9 Å². The molecule has 2 atom stereocenters. The smallest absolute Gasteiger partial charge is 0.260 e. The number of para-hydroxylation sites is 1. The highest BCUT2D eigenvalue weighted by atomic mass is 16.5. The zero-order valence-corrected chi connectivity index (χ0v) is 15.6. The molecule has 2 aliphatic heterocycles. The van der Waals surface area contributed by atoms with Gasteiger partial charge in [0.15, 0.2) is 6.61 Å². The van der Waals surface area contributed by atoms with Crippen molar-refractivity contribution in [1.29, 1.82) is 0 Å². The highest BCUT2D eigenvalue weighted by molar-refractivity contribution is 5.77. The summed E-state index contributed by atoms with van der Waals surface area (Å²) < 4.78 is 11.2. The molecule has 0 N–H and O–H groups in total. The van der Waals surface area contributed by atoms with Crippen LogP contribution in [0, 0.1) is 5.92 Å². The molecule has 5 heteroatoms. The van der Waals surface area contributed by atoms with Crippen LogP contribution in [0.25, 0.3) is 0 Å². The standard InChI is InChI=1S/C20H30N2O3/c1-15(2)22-13-18(24-3)20(22)16-9-11-21(12-10-16)19(23)14-25-17-7-5-4-6-8-17/h4-8,15-16,18,20H,9-14H2,1-3H3/t18-,20-/m0/s1. The van der Waals surface area contributed by atoms with E-state index < -0.39 is 0 Å². The minimum Gasteiger partial charge on any atom is -0.484 e. The Balaban J connectivity index is 1.47. The fourth-order valence-electron chi connectivity index (χ4n) is 4.10. The van der Waals surface area contributed by atoms with Crippen LogP contribution in [0.2, 0.25) is 0 Å². The number of piperidine rings is 1. The van der Waals surface area contributed by atoms with Gasteiger partial charge in [0.2, 0.25) is 0 Å². The Morgan fingerprint density at radius 2 is 1.88 bits per heavy atom. The Labute approximate surface area is 150 Å². The first-order valence-corrected chi connectivity index (χ1v) is 9.34. The summed E-state index contributed by atoms with van der Waals surface area (Å²) in [5.74, 6) is 1.44. The average Bonchev–Trinajstić information content (AvgIpc) is 2.60. The van der Waals surface area contributed by atoms with E-state index in [1.165, 1.54) is 0 Å². The number of rotatable bonds is 6. The number of hydrogen-bond donors (Lipinski definition) is 0. The van der Waals surface area contributed by atoms with E-state index in [1.807, 2.05) is 42.3 Å². The molecule has 1 amide bonds. The van der Waals surface area contributed by atoms with Crippen molar-refractivity contribution in [3.63, 3.8) is 0 Å². The second-order valence-corrected chi connectivity index (χ2v) is 7.38. The van der Waals surface area contributed by atoms with Gasteiger partial charge < -0.3 is 14.4 Å². The zero-order chi connectivity index (χ0) is 17.8. The van der Waals surface area contributed by atoms with Crippen LogP contribution in [0.1, 0.15) is 26.7 Å². The number of benzene rings is 1. The average molecular weight is 346 g/mol. The Hall–Kier alpha value is -1.59. The molecule has 2 fully saturated rings. The monoisotopic (exact) mass is 346 g/mol. The third-order valence-electron chi connectivity index (χ3n) is 5.60. The van der Waals surface area contributed by atoms with Gasteiger partial charge in [-0.05, 0) is 44.7 Å². The number of hydrogen-bond acceptors (Lipinski definition) is 4. The van der Waals surface area contributed by atoms with E-state index in [1.54, 1.807) is 0 Å². The molecule has 2 saturated heterocycles. The summed E-state index contributed by atoms with van der Waals surface area (Å²) in [7, 11) is 1.81. The van der Waals surface area contributed by atoms with Gasteiger partial charge in [0.25, 0.3) is 5.91 Å². The zero-order valence-electron chi connectivity index (χ0n) is 15.6. The van der Waals surface area contributed by atoms with Gasteiger partial charge in [-0.15, -0.1) is 0 Å². The Morgan fingerprint density at radius 3 is 2.48 bits per heavy atom. The molecule has 0 unspecified atom stereocenters. The molecule has 5 nitrogen and oxygen atoms in total. The molecule has 0 bridgehead atoms. The molecule has 0 radical (unpaired) electrons. The summed E-state index contributed by atoms with van der Waals surface area (Å²) in [6.45, 7) is 7.29. The van der Waals surface area contributed by atoms with E-state index >= 15 is 0 Å². The maximum absolute atomic E-state index is 12.4. The third-order valence-corrected chi connectivity index (χ3v) is 5.60. The minimum atomic E-state index is 0.0833. The van der Waals surface area contributed by atoms with Crippen LogP contribution < -0.4 is 4.74 Å². The summed E-state index contributed by atoms with van der Waals surface area (Å²) >= 11 is 0. The molecule has 25 heavy (non-hydrogen) atoms. The first kappa shape index (κ1) is 18.2. The Kier molecular flexibility index (Phi) is 5.97. The Morgan fingerprint density at radius 1 is 1.20 bits per heavy atom. The molecule has 2 heterocycles. The normalized spacial score (nSPS) is 25.0. The van der Waals surface area contributed by atoms with E-state index in [-0.39, 0.29) is 12.5 Å². The summed E-state index contributed by atoms with van der Waals surface area (Å²) in [5, 5.41) is 0. The van der Waals surface area contributed by atoms with Crippen LogP contribution >= 0.6 is 0 Å². The van der Waals surface area contributed by atoms with E-state index in [0.717, 1.165) is 38.2 Å². The summed E-state index contributed by atoms with van der Waals surface area (Å²) in [4.78, 5) is 16.9. The van der Waals surface area contributed by atoms with Crippen molar-refractivity contribution in [3.05, 3.63) is 30.3 Å². The Bertz CT molecular complexity index is 555. The van der Waals surface area contributed by atoms with Crippen LogP contribution in [0.3, 0.4) is 0 Å². The number of nitrogens with zero attached hydrogens (tertiary/aromatic N) is 2. The van der Waals surface area contributed by atoms with Crippen molar-refractivity contribution in [1.82, 2.24) is 9.80 Å². The molecule has 0 saturated carbocycles. The largest absolute Gasteiger partial charge is 0.484 e. The van der Waals surface area contributed by atoms with Crippen molar-refractivity contribution >= 4 is 5.91 Å². The van der Waals surface area contributed by atoms with Gasteiger partial charge in [-0.2, -0.15) is 0 Å². The number of amides is 1. The van der Waals surface area contributed by atoms with Gasteiger partial charge in [-0.3, -0.25) is 9.69 Å². The van der Waals surface area contributed by atoms with Gasteiger partial charge in [-0.25, -0.2) is 0 Å². The lowest BCUT2D eigenvalue weighted by molar-refractivity contribution is -0.142.